The van der Waals surface area contributed by atoms with Gasteiger partial charge in [-0.25, -0.2) is 0 Å². The molecule has 0 radical (unpaired) electrons. The van der Waals surface area contributed by atoms with Gasteiger partial charge in [0, 0.05) is 16.7 Å². The fourth-order valence-corrected chi connectivity index (χ4v) is 3.36. The molecule has 3 aliphatic rings. The lowest BCUT2D eigenvalue weighted by molar-refractivity contribution is 0.173. The van der Waals surface area contributed by atoms with Crippen LogP contribution in [0.25, 0.3) is 0 Å². The molecule has 2 aromatic carbocycles. The SMILES string of the molecule is CC1Cc2c(ccc3c2OCO3)C(c2ccc3c(c2)OCO3)=N1. The van der Waals surface area contributed by atoms with Crippen LogP contribution < -0.4 is 18.9 Å². The number of rotatable bonds is 1. The summed E-state index contributed by atoms with van der Waals surface area (Å²) in [6.07, 6.45) is 0.857. The topological polar surface area (TPSA) is 49.3 Å². The van der Waals surface area contributed by atoms with Gasteiger partial charge in [0.15, 0.2) is 23.0 Å². The van der Waals surface area contributed by atoms with E-state index in [0.717, 1.165) is 46.3 Å². The summed E-state index contributed by atoms with van der Waals surface area (Å²) < 4.78 is 22.1. The third kappa shape index (κ3) is 1.89. The first-order chi connectivity index (χ1) is 11.3. The Morgan fingerprint density at radius 2 is 1.70 bits per heavy atom. The molecule has 0 N–H and O–H groups in total. The van der Waals surface area contributed by atoms with Gasteiger partial charge < -0.3 is 18.9 Å². The van der Waals surface area contributed by atoms with Gasteiger partial charge in [-0.2, -0.15) is 0 Å². The Labute approximate surface area is 133 Å². The van der Waals surface area contributed by atoms with Gasteiger partial charge in [-0.3, -0.25) is 4.99 Å². The van der Waals surface area contributed by atoms with Crippen molar-refractivity contribution in [2.24, 2.45) is 4.99 Å². The van der Waals surface area contributed by atoms with E-state index >= 15 is 0 Å². The lowest BCUT2D eigenvalue weighted by Gasteiger charge is -2.22. The van der Waals surface area contributed by atoms with Crippen molar-refractivity contribution < 1.29 is 18.9 Å². The van der Waals surface area contributed by atoms with Crippen LogP contribution in [0.1, 0.15) is 23.6 Å². The fourth-order valence-electron chi connectivity index (χ4n) is 3.36. The molecule has 0 saturated carbocycles. The van der Waals surface area contributed by atoms with Crippen molar-refractivity contribution in [1.29, 1.82) is 0 Å². The maximum absolute atomic E-state index is 5.68. The Morgan fingerprint density at radius 3 is 2.65 bits per heavy atom. The summed E-state index contributed by atoms with van der Waals surface area (Å²) in [4.78, 5) is 4.87. The van der Waals surface area contributed by atoms with Gasteiger partial charge in [0.05, 0.1) is 11.8 Å². The summed E-state index contributed by atoms with van der Waals surface area (Å²) in [7, 11) is 0. The second-order valence-electron chi connectivity index (χ2n) is 5.92. The molecule has 1 atom stereocenters. The highest BCUT2D eigenvalue weighted by molar-refractivity contribution is 6.15. The molecule has 0 amide bonds. The Kier molecular flexibility index (Phi) is 2.59. The van der Waals surface area contributed by atoms with Crippen LogP contribution in [0, 0.1) is 0 Å². The lowest BCUT2D eigenvalue weighted by Crippen LogP contribution is -2.20. The van der Waals surface area contributed by atoms with Crippen LogP contribution in [0.5, 0.6) is 23.0 Å². The van der Waals surface area contributed by atoms with Crippen molar-refractivity contribution in [2.45, 2.75) is 19.4 Å². The van der Waals surface area contributed by atoms with Crippen molar-refractivity contribution in [3.05, 3.63) is 47.0 Å². The maximum atomic E-state index is 5.68. The summed E-state index contributed by atoms with van der Waals surface area (Å²) in [6.45, 7) is 2.68. The Balaban J connectivity index is 1.67. The second kappa shape index (κ2) is 4.65. The van der Waals surface area contributed by atoms with Gasteiger partial charge >= 0.3 is 0 Å². The zero-order valence-electron chi connectivity index (χ0n) is 12.7. The lowest BCUT2D eigenvalue weighted by atomic mass is 9.89. The van der Waals surface area contributed by atoms with Gasteiger partial charge in [0.25, 0.3) is 0 Å². The molecule has 0 spiro atoms. The highest BCUT2D eigenvalue weighted by Gasteiger charge is 2.28. The number of benzene rings is 2. The number of hydrogen-bond acceptors (Lipinski definition) is 5. The second-order valence-corrected chi connectivity index (χ2v) is 5.92. The number of hydrogen-bond donors (Lipinski definition) is 0. The zero-order chi connectivity index (χ0) is 15.4. The van der Waals surface area contributed by atoms with Crippen molar-refractivity contribution in [1.82, 2.24) is 0 Å². The number of aliphatic imine (C=N–C) groups is 1. The minimum Gasteiger partial charge on any atom is -0.454 e. The number of fused-ring (bicyclic) bond motifs is 4. The first-order valence-corrected chi connectivity index (χ1v) is 7.69. The molecule has 3 heterocycles. The average molecular weight is 309 g/mol. The number of ether oxygens (including phenoxy) is 4. The first-order valence-electron chi connectivity index (χ1n) is 7.69. The average Bonchev–Trinajstić information content (AvgIpc) is 3.22. The van der Waals surface area contributed by atoms with Gasteiger partial charge in [-0.15, -0.1) is 0 Å². The summed E-state index contributed by atoms with van der Waals surface area (Å²) in [5, 5.41) is 0. The summed E-state index contributed by atoms with van der Waals surface area (Å²) in [6, 6.07) is 10.2. The molecule has 0 fully saturated rings. The van der Waals surface area contributed by atoms with Gasteiger partial charge in [-0.05, 0) is 43.7 Å². The van der Waals surface area contributed by atoms with Crippen molar-refractivity contribution >= 4 is 5.71 Å². The monoisotopic (exact) mass is 309 g/mol. The van der Waals surface area contributed by atoms with E-state index in [1.54, 1.807) is 0 Å². The molecule has 23 heavy (non-hydrogen) atoms. The van der Waals surface area contributed by atoms with Crippen LogP contribution in [-0.4, -0.2) is 25.3 Å². The fraction of sp³-hybridized carbons (Fsp3) is 0.278. The predicted molar refractivity (Wildman–Crippen MR) is 83.9 cm³/mol. The van der Waals surface area contributed by atoms with Crippen LogP contribution in [0.15, 0.2) is 35.3 Å². The molecule has 1 unspecified atom stereocenters. The normalized spacial score (nSPS) is 20.2. The molecule has 0 bridgehead atoms. The molecule has 116 valence electrons. The van der Waals surface area contributed by atoms with E-state index in [1.165, 1.54) is 5.56 Å². The summed E-state index contributed by atoms with van der Waals surface area (Å²) in [5.74, 6) is 3.24. The van der Waals surface area contributed by atoms with Crippen LogP contribution in [-0.2, 0) is 6.42 Å². The zero-order valence-corrected chi connectivity index (χ0v) is 12.7. The largest absolute Gasteiger partial charge is 0.454 e. The van der Waals surface area contributed by atoms with Gasteiger partial charge in [0.2, 0.25) is 13.6 Å². The van der Waals surface area contributed by atoms with Crippen LogP contribution in [0.4, 0.5) is 0 Å². The minimum absolute atomic E-state index is 0.193. The first kappa shape index (κ1) is 12.8. The molecule has 3 aliphatic heterocycles. The molecule has 5 rings (SSSR count). The van der Waals surface area contributed by atoms with E-state index in [1.807, 2.05) is 24.3 Å². The standard InChI is InChI=1S/C18H15NO4/c1-10-6-13-12(3-5-15-18(13)23-9-21-15)17(19-10)11-2-4-14-16(7-11)22-8-20-14/h2-5,7,10H,6,8-9H2,1H3. The molecule has 5 nitrogen and oxygen atoms in total. The number of nitrogens with zero attached hydrogens (tertiary/aromatic N) is 1. The van der Waals surface area contributed by atoms with E-state index < -0.39 is 0 Å². The van der Waals surface area contributed by atoms with E-state index in [4.69, 9.17) is 23.9 Å². The Bertz CT molecular complexity index is 843. The third-order valence-corrected chi connectivity index (χ3v) is 4.39. The van der Waals surface area contributed by atoms with E-state index in [9.17, 15) is 0 Å². The van der Waals surface area contributed by atoms with Crippen LogP contribution >= 0.6 is 0 Å². The summed E-state index contributed by atoms with van der Waals surface area (Å²) in [5.41, 5.74) is 4.28. The highest BCUT2D eigenvalue weighted by atomic mass is 16.7. The Morgan fingerprint density at radius 1 is 0.913 bits per heavy atom. The minimum atomic E-state index is 0.193. The molecule has 0 aromatic heterocycles. The van der Waals surface area contributed by atoms with Crippen molar-refractivity contribution in [3.63, 3.8) is 0 Å². The van der Waals surface area contributed by atoms with Gasteiger partial charge in [0.1, 0.15) is 0 Å². The maximum Gasteiger partial charge on any atom is 0.231 e. The smallest absolute Gasteiger partial charge is 0.231 e. The highest BCUT2D eigenvalue weighted by Crippen LogP contribution is 2.41. The van der Waals surface area contributed by atoms with E-state index in [-0.39, 0.29) is 19.6 Å². The molecule has 5 heteroatoms. The van der Waals surface area contributed by atoms with Crippen LogP contribution in [0.2, 0.25) is 0 Å². The van der Waals surface area contributed by atoms with Crippen molar-refractivity contribution in [2.75, 3.05) is 13.6 Å². The molecular formula is C18H15NO4. The van der Waals surface area contributed by atoms with Crippen molar-refractivity contribution in [3.8, 4) is 23.0 Å². The van der Waals surface area contributed by atoms with Crippen LogP contribution in [0.3, 0.4) is 0 Å². The Hall–Kier alpha value is -2.69. The van der Waals surface area contributed by atoms with E-state index in [0.29, 0.717) is 0 Å². The third-order valence-electron chi connectivity index (χ3n) is 4.39. The van der Waals surface area contributed by atoms with E-state index in [2.05, 4.69) is 13.0 Å². The molecular weight excluding hydrogens is 294 g/mol. The molecule has 2 aromatic rings. The molecule has 0 saturated heterocycles. The van der Waals surface area contributed by atoms with Gasteiger partial charge in [-0.1, -0.05) is 0 Å². The molecule has 0 aliphatic carbocycles. The predicted octanol–water partition coefficient (Wildman–Crippen LogP) is 2.93. The quantitative estimate of drug-likeness (QED) is 0.812. The summed E-state index contributed by atoms with van der Waals surface area (Å²) >= 11 is 0.